The molecule has 2 amide bonds. The van der Waals surface area contributed by atoms with Crippen molar-refractivity contribution in [2.24, 2.45) is 0 Å². The lowest BCUT2D eigenvalue weighted by molar-refractivity contribution is 0.237. The van der Waals surface area contributed by atoms with Crippen LogP contribution in [0.15, 0.2) is 86.0 Å². The van der Waals surface area contributed by atoms with Crippen LogP contribution in [0.4, 0.5) is 4.79 Å². The van der Waals surface area contributed by atoms with E-state index in [2.05, 4.69) is 23.8 Å². The number of hydrogen-bond acceptors (Lipinski definition) is 1. The van der Waals surface area contributed by atoms with Crippen LogP contribution in [-0.2, 0) is 0 Å². The summed E-state index contributed by atoms with van der Waals surface area (Å²) in [6.45, 7) is 7.57. The SMILES string of the molecule is C=CC(NC(=O)NC(C=C)c1ccccc1)c1ccccc1. The lowest BCUT2D eigenvalue weighted by Gasteiger charge is -2.19. The second-order valence-electron chi connectivity index (χ2n) is 4.87. The molecule has 2 aromatic carbocycles. The number of amides is 2. The molecule has 22 heavy (non-hydrogen) atoms. The number of urea groups is 1. The van der Waals surface area contributed by atoms with Crippen molar-refractivity contribution in [3.05, 3.63) is 97.1 Å². The third-order valence-electron chi connectivity index (χ3n) is 3.36. The predicted octanol–water partition coefficient (Wildman–Crippen LogP) is 4.14. The molecule has 0 heterocycles. The summed E-state index contributed by atoms with van der Waals surface area (Å²) in [5.74, 6) is 0. The standard InChI is InChI=1S/C19H20N2O/c1-3-17(15-11-7-5-8-12-15)20-19(22)21-18(4-2)16-13-9-6-10-14-16/h3-14,17-18H,1-2H2,(H2,20,21,22). The number of carbonyl (C=O) groups excluding carboxylic acids is 1. The van der Waals surface area contributed by atoms with Gasteiger partial charge in [-0.05, 0) is 11.1 Å². The highest BCUT2D eigenvalue weighted by atomic mass is 16.2. The quantitative estimate of drug-likeness (QED) is 0.772. The van der Waals surface area contributed by atoms with Gasteiger partial charge in [0, 0.05) is 0 Å². The minimum atomic E-state index is -0.262. The van der Waals surface area contributed by atoms with Crippen molar-refractivity contribution in [3.8, 4) is 0 Å². The highest BCUT2D eigenvalue weighted by molar-refractivity contribution is 5.75. The third kappa shape index (κ3) is 4.09. The average molecular weight is 292 g/mol. The Bertz CT molecular complexity index is 567. The molecule has 2 atom stereocenters. The molecule has 0 fully saturated rings. The Hall–Kier alpha value is -2.81. The zero-order valence-electron chi connectivity index (χ0n) is 12.4. The molecule has 0 aliphatic rings. The zero-order chi connectivity index (χ0) is 15.8. The Morgan fingerprint density at radius 2 is 1.14 bits per heavy atom. The monoisotopic (exact) mass is 292 g/mol. The van der Waals surface area contributed by atoms with E-state index in [1.54, 1.807) is 12.2 Å². The smallest absolute Gasteiger partial charge is 0.316 e. The molecule has 112 valence electrons. The van der Waals surface area contributed by atoms with Crippen LogP contribution in [0.3, 0.4) is 0 Å². The minimum Gasteiger partial charge on any atom is -0.328 e. The summed E-state index contributed by atoms with van der Waals surface area (Å²) in [5, 5.41) is 5.80. The maximum atomic E-state index is 12.2. The molecule has 0 spiro atoms. The van der Waals surface area contributed by atoms with E-state index in [0.29, 0.717) is 0 Å². The molecular formula is C19H20N2O. The maximum absolute atomic E-state index is 12.2. The van der Waals surface area contributed by atoms with Crippen LogP contribution in [0.1, 0.15) is 23.2 Å². The van der Waals surface area contributed by atoms with Crippen molar-refractivity contribution >= 4 is 6.03 Å². The van der Waals surface area contributed by atoms with Gasteiger partial charge in [-0.3, -0.25) is 0 Å². The fraction of sp³-hybridized carbons (Fsp3) is 0.105. The van der Waals surface area contributed by atoms with Gasteiger partial charge in [0.2, 0.25) is 0 Å². The van der Waals surface area contributed by atoms with Gasteiger partial charge in [-0.1, -0.05) is 72.8 Å². The Morgan fingerprint density at radius 1 is 0.773 bits per heavy atom. The van der Waals surface area contributed by atoms with Crippen molar-refractivity contribution in [3.63, 3.8) is 0 Å². The van der Waals surface area contributed by atoms with Crippen LogP contribution in [0.5, 0.6) is 0 Å². The summed E-state index contributed by atoms with van der Waals surface area (Å²) >= 11 is 0. The van der Waals surface area contributed by atoms with Crippen LogP contribution < -0.4 is 10.6 Å². The van der Waals surface area contributed by atoms with E-state index < -0.39 is 0 Å². The van der Waals surface area contributed by atoms with Gasteiger partial charge in [0.15, 0.2) is 0 Å². The first-order chi connectivity index (χ1) is 10.7. The molecule has 3 nitrogen and oxygen atoms in total. The van der Waals surface area contributed by atoms with Crippen molar-refractivity contribution in [1.82, 2.24) is 10.6 Å². The fourth-order valence-corrected chi connectivity index (χ4v) is 2.20. The van der Waals surface area contributed by atoms with Gasteiger partial charge in [-0.25, -0.2) is 4.79 Å². The fourth-order valence-electron chi connectivity index (χ4n) is 2.20. The number of hydrogen-bond donors (Lipinski definition) is 2. The molecule has 2 unspecified atom stereocenters. The molecular weight excluding hydrogens is 272 g/mol. The zero-order valence-corrected chi connectivity index (χ0v) is 12.4. The first kappa shape index (κ1) is 15.6. The molecule has 0 radical (unpaired) electrons. The predicted molar refractivity (Wildman–Crippen MR) is 90.4 cm³/mol. The highest BCUT2D eigenvalue weighted by Gasteiger charge is 2.14. The van der Waals surface area contributed by atoms with Crippen molar-refractivity contribution in [1.29, 1.82) is 0 Å². The van der Waals surface area contributed by atoms with Gasteiger partial charge >= 0.3 is 6.03 Å². The van der Waals surface area contributed by atoms with Crippen molar-refractivity contribution in [2.45, 2.75) is 12.1 Å². The van der Waals surface area contributed by atoms with E-state index in [-0.39, 0.29) is 18.1 Å². The average Bonchev–Trinajstić information content (AvgIpc) is 2.59. The minimum absolute atomic E-state index is 0.234. The third-order valence-corrected chi connectivity index (χ3v) is 3.36. The topological polar surface area (TPSA) is 41.1 Å². The van der Waals surface area contributed by atoms with Gasteiger partial charge in [0.1, 0.15) is 0 Å². The first-order valence-electron chi connectivity index (χ1n) is 7.16. The molecule has 0 aliphatic carbocycles. The van der Waals surface area contributed by atoms with E-state index in [1.807, 2.05) is 60.7 Å². The molecule has 0 bridgehead atoms. The molecule has 2 N–H and O–H groups in total. The van der Waals surface area contributed by atoms with Gasteiger partial charge in [-0.15, -0.1) is 13.2 Å². The highest BCUT2D eigenvalue weighted by Crippen LogP contribution is 2.15. The Labute approximate surface area is 131 Å². The van der Waals surface area contributed by atoms with Crippen LogP contribution in [-0.4, -0.2) is 6.03 Å². The van der Waals surface area contributed by atoms with Crippen LogP contribution in [0.2, 0.25) is 0 Å². The second kappa shape index (κ2) is 7.84. The molecule has 0 saturated heterocycles. The van der Waals surface area contributed by atoms with E-state index >= 15 is 0 Å². The van der Waals surface area contributed by atoms with Crippen molar-refractivity contribution in [2.75, 3.05) is 0 Å². The molecule has 0 aromatic heterocycles. The molecule has 2 rings (SSSR count). The summed E-state index contributed by atoms with van der Waals surface area (Å²) < 4.78 is 0. The van der Waals surface area contributed by atoms with Gasteiger partial charge in [-0.2, -0.15) is 0 Å². The molecule has 3 heteroatoms. The molecule has 0 aliphatic heterocycles. The molecule has 2 aromatic rings. The van der Waals surface area contributed by atoms with Crippen LogP contribution >= 0.6 is 0 Å². The van der Waals surface area contributed by atoms with E-state index in [4.69, 9.17) is 0 Å². The Kier molecular flexibility index (Phi) is 5.55. The maximum Gasteiger partial charge on any atom is 0.316 e. The van der Waals surface area contributed by atoms with Gasteiger partial charge < -0.3 is 10.6 Å². The number of rotatable bonds is 6. The second-order valence-corrected chi connectivity index (χ2v) is 4.87. The summed E-state index contributed by atoms with van der Waals surface area (Å²) in [7, 11) is 0. The lowest BCUT2D eigenvalue weighted by atomic mass is 10.1. The van der Waals surface area contributed by atoms with Crippen molar-refractivity contribution < 1.29 is 4.79 Å². The van der Waals surface area contributed by atoms with Gasteiger partial charge in [0.05, 0.1) is 12.1 Å². The Balaban J connectivity index is 2.02. The summed E-state index contributed by atoms with van der Waals surface area (Å²) in [4.78, 5) is 12.2. The van der Waals surface area contributed by atoms with Crippen LogP contribution in [0, 0.1) is 0 Å². The Morgan fingerprint density at radius 3 is 1.45 bits per heavy atom. The number of benzene rings is 2. The van der Waals surface area contributed by atoms with E-state index in [9.17, 15) is 4.79 Å². The summed E-state index contributed by atoms with van der Waals surface area (Å²) in [5.41, 5.74) is 1.98. The number of nitrogens with one attached hydrogen (secondary N) is 2. The summed E-state index contributed by atoms with van der Waals surface area (Å²) in [6.07, 6.45) is 3.42. The largest absolute Gasteiger partial charge is 0.328 e. The normalized spacial score (nSPS) is 12.7. The summed E-state index contributed by atoms with van der Waals surface area (Å²) in [6, 6.07) is 18.7. The molecule has 0 saturated carbocycles. The van der Waals surface area contributed by atoms with Crippen LogP contribution in [0.25, 0.3) is 0 Å². The van der Waals surface area contributed by atoms with E-state index in [1.165, 1.54) is 0 Å². The first-order valence-corrected chi connectivity index (χ1v) is 7.16. The number of carbonyl (C=O) groups is 1. The van der Waals surface area contributed by atoms with E-state index in [0.717, 1.165) is 11.1 Å². The lowest BCUT2D eigenvalue weighted by Crippen LogP contribution is -2.38. The van der Waals surface area contributed by atoms with Gasteiger partial charge in [0.25, 0.3) is 0 Å².